The van der Waals surface area contributed by atoms with Crippen LogP contribution in [0.25, 0.3) is 22.5 Å². The minimum Gasteiger partial charge on any atom is -0.444 e. The first-order chi connectivity index (χ1) is 28.0. The quantitative estimate of drug-likeness (QED) is 0.103. The van der Waals surface area contributed by atoms with Gasteiger partial charge in [-0.3, -0.25) is 14.4 Å². The highest BCUT2D eigenvalue weighted by atomic mass is 16.6. The van der Waals surface area contributed by atoms with E-state index in [1.165, 1.54) is 0 Å². The molecule has 0 spiro atoms. The molecule has 1 fully saturated rings. The second-order valence-corrected chi connectivity index (χ2v) is 17.1. The van der Waals surface area contributed by atoms with E-state index in [0.717, 1.165) is 53.7 Å². The Labute approximate surface area is 347 Å². The second-order valence-electron chi connectivity index (χ2n) is 17.1. The van der Waals surface area contributed by atoms with E-state index < -0.39 is 17.7 Å². The van der Waals surface area contributed by atoms with Crippen molar-refractivity contribution in [3.63, 3.8) is 0 Å². The van der Waals surface area contributed by atoms with Crippen LogP contribution in [-0.4, -0.2) is 120 Å². The molecule has 0 radical (unpaired) electrons. The number of likely N-dealkylation sites (N-methyl/N-ethyl adjacent to an activating group) is 2. The highest BCUT2D eigenvalue weighted by Gasteiger charge is 2.30. The average molecular weight is 809 g/mol. The van der Waals surface area contributed by atoms with Crippen LogP contribution in [0.3, 0.4) is 0 Å². The van der Waals surface area contributed by atoms with Gasteiger partial charge in [0.1, 0.15) is 11.6 Å². The van der Waals surface area contributed by atoms with Crippen molar-refractivity contribution < 1.29 is 23.9 Å². The standard InChI is InChI=1S/C44H60N10O5/c1-28-23-34(41(56)47-36(26-53(5)6)27-54(7)8)19-22-37(28)31-13-9-29(10-14-31)24-38(42(57)46-35-20-17-32(18-21-35)39-49-51-52-50-39)48-40(55)33-15-11-30(12-16-33)25-45-43(58)59-44(2,3)4/h9-10,13-14,17-23,30,33,36,38H,11-12,15-16,24-27H2,1-8H3,(H,45,58)(H,46,57)(H,47,56)(H,48,55)(H,49,50,51,52). The lowest BCUT2D eigenvalue weighted by Gasteiger charge is -2.29. The molecule has 1 aliphatic carbocycles. The van der Waals surface area contributed by atoms with Crippen molar-refractivity contribution in [1.29, 1.82) is 0 Å². The third kappa shape index (κ3) is 13.7. The molecule has 0 saturated heterocycles. The molecular formula is C44H60N10O5. The van der Waals surface area contributed by atoms with Crippen LogP contribution in [-0.2, 0) is 20.7 Å². The van der Waals surface area contributed by atoms with Gasteiger partial charge in [0.05, 0.1) is 6.04 Å². The van der Waals surface area contributed by atoms with Crippen LogP contribution >= 0.6 is 0 Å². The number of aryl methyl sites for hydroxylation is 1. The largest absolute Gasteiger partial charge is 0.444 e. The molecule has 0 aliphatic heterocycles. The average Bonchev–Trinajstić information content (AvgIpc) is 3.72. The Morgan fingerprint density at radius 1 is 0.847 bits per heavy atom. The van der Waals surface area contributed by atoms with Gasteiger partial charge < -0.3 is 35.8 Å². The first-order valence-corrected chi connectivity index (χ1v) is 20.2. The maximum atomic E-state index is 13.9. The van der Waals surface area contributed by atoms with Gasteiger partial charge in [-0.1, -0.05) is 30.3 Å². The molecule has 316 valence electrons. The third-order valence-corrected chi connectivity index (χ3v) is 10.2. The van der Waals surface area contributed by atoms with Crippen molar-refractivity contribution in [3.05, 3.63) is 83.4 Å². The minimum absolute atomic E-state index is 0.0196. The van der Waals surface area contributed by atoms with Crippen molar-refractivity contribution in [3.8, 4) is 22.5 Å². The van der Waals surface area contributed by atoms with Crippen molar-refractivity contribution in [2.75, 3.05) is 53.1 Å². The van der Waals surface area contributed by atoms with Gasteiger partial charge >= 0.3 is 6.09 Å². The first-order valence-electron chi connectivity index (χ1n) is 20.2. The highest BCUT2D eigenvalue weighted by molar-refractivity contribution is 5.98. The Balaban J connectivity index is 1.25. The van der Waals surface area contributed by atoms with Crippen molar-refractivity contribution >= 4 is 29.5 Å². The van der Waals surface area contributed by atoms with Crippen LogP contribution in [0.15, 0.2) is 66.7 Å². The number of nitrogens with zero attached hydrogens (tertiary/aromatic N) is 5. The molecule has 4 amide bonds. The summed E-state index contributed by atoms with van der Waals surface area (Å²) in [7, 11) is 7.98. The number of alkyl carbamates (subject to hydrolysis) is 1. The lowest BCUT2D eigenvalue weighted by Crippen LogP contribution is -2.48. The Kier molecular flexibility index (Phi) is 15.3. The molecule has 5 N–H and O–H groups in total. The number of carbonyl (C=O) groups excluding carboxylic acids is 4. The number of hydrogen-bond acceptors (Lipinski definition) is 10. The summed E-state index contributed by atoms with van der Waals surface area (Å²) in [5, 5.41) is 26.1. The van der Waals surface area contributed by atoms with Crippen molar-refractivity contribution in [2.24, 2.45) is 11.8 Å². The maximum Gasteiger partial charge on any atom is 0.407 e. The number of rotatable bonds is 16. The maximum absolute atomic E-state index is 13.9. The van der Waals surface area contributed by atoms with Crippen LogP contribution in [0.1, 0.15) is 67.9 Å². The summed E-state index contributed by atoms with van der Waals surface area (Å²) in [6.07, 6.45) is 2.68. The van der Waals surface area contributed by atoms with Crippen LogP contribution < -0.4 is 21.3 Å². The zero-order valence-electron chi connectivity index (χ0n) is 35.6. The highest BCUT2D eigenvalue weighted by Crippen LogP contribution is 2.30. The number of carbonyl (C=O) groups is 4. The number of aromatic nitrogens is 4. The topological polar surface area (TPSA) is 187 Å². The minimum atomic E-state index is -0.847. The van der Waals surface area contributed by atoms with Crippen LogP contribution in [0, 0.1) is 18.8 Å². The van der Waals surface area contributed by atoms with Gasteiger partial charge in [-0.25, -0.2) is 4.79 Å². The third-order valence-electron chi connectivity index (χ3n) is 10.2. The Bertz CT molecular complexity index is 1990. The molecule has 1 aromatic heterocycles. The monoisotopic (exact) mass is 808 g/mol. The SMILES string of the molecule is Cc1cc(C(=O)NC(CN(C)C)CN(C)C)ccc1-c1ccc(CC(NC(=O)C2CCC(CNC(=O)OC(C)(C)C)CC2)C(=O)Nc2ccc(-c3nn[nH]n3)cc2)cc1. The molecule has 5 rings (SSSR count). The summed E-state index contributed by atoms with van der Waals surface area (Å²) in [4.78, 5) is 57.2. The van der Waals surface area contributed by atoms with Gasteiger partial charge in [-0.05, 0) is 151 Å². The lowest BCUT2D eigenvalue weighted by molar-refractivity contribution is -0.130. The molecule has 1 unspecified atom stereocenters. The summed E-state index contributed by atoms with van der Waals surface area (Å²) < 4.78 is 5.37. The van der Waals surface area contributed by atoms with E-state index in [1.54, 1.807) is 24.3 Å². The van der Waals surface area contributed by atoms with Crippen molar-refractivity contribution in [2.45, 2.75) is 77.5 Å². The lowest BCUT2D eigenvalue weighted by atomic mass is 9.81. The smallest absolute Gasteiger partial charge is 0.407 e. The number of hydrogen-bond donors (Lipinski definition) is 5. The second kappa shape index (κ2) is 20.3. The molecule has 15 heteroatoms. The molecule has 0 bridgehead atoms. The van der Waals surface area contributed by atoms with Crippen LogP contribution in [0.5, 0.6) is 0 Å². The first kappa shape index (κ1) is 44.4. The van der Waals surface area contributed by atoms with Gasteiger partial charge in [-0.2, -0.15) is 5.21 Å². The van der Waals surface area contributed by atoms with E-state index >= 15 is 0 Å². The summed E-state index contributed by atoms with van der Waals surface area (Å²) in [6.45, 7) is 9.42. The summed E-state index contributed by atoms with van der Waals surface area (Å²) in [5.41, 5.74) is 5.14. The summed E-state index contributed by atoms with van der Waals surface area (Å²) in [6, 6.07) is 19.9. The molecular weight excluding hydrogens is 749 g/mol. The van der Waals surface area contributed by atoms with E-state index in [9.17, 15) is 19.2 Å². The number of amides is 4. The van der Waals surface area contributed by atoms with E-state index in [2.05, 4.69) is 51.7 Å². The van der Waals surface area contributed by atoms with Gasteiger partial charge in [0.2, 0.25) is 17.6 Å². The number of anilines is 1. The van der Waals surface area contributed by atoms with E-state index in [0.29, 0.717) is 36.5 Å². The normalized spacial score (nSPS) is 16.1. The van der Waals surface area contributed by atoms with E-state index in [1.807, 2.05) is 98.4 Å². The Hall–Kier alpha value is -5.67. The predicted octanol–water partition coefficient (Wildman–Crippen LogP) is 5.06. The van der Waals surface area contributed by atoms with Gasteiger partial charge in [0, 0.05) is 48.8 Å². The van der Waals surface area contributed by atoms with E-state index in [-0.39, 0.29) is 42.0 Å². The fourth-order valence-electron chi connectivity index (χ4n) is 7.37. The van der Waals surface area contributed by atoms with Crippen LogP contribution in [0.2, 0.25) is 0 Å². The molecule has 1 heterocycles. The van der Waals surface area contributed by atoms with Crippen LogP contribution in [0.4, 0.5) is 10.5 Å². The number of tetrazole rings is 1. The molecule has 3 aromatic carbocycles. The fourth-order valence-corrected chi connectivity index (χ4v) is 7.37. The number of H-pyrrole nitrogens is 1. The molecule has 4 aromatic rings. The molecule has 15 nitrogen and oxygen atoms in total. The summed E-state index contributed by atoms with van der Waals surface area (Å²) in [5.74, 6) is -0.186. The van der Waals surface area contributed by atoms with Gasteiger partial charge in [-0.15, -0.1) is 10.2 Å². The Morgan fingerprint density at radius 2 is 1.49 bits per heavy atom. The Morgan fingerprint density at radius 3 is 2.07 bits per heavy atom. The van der Waals surface area contributed by atoms with Gasteiger partial charge in [0.25, 0.3) is 5.91 Å². The fraction of sp³-hybridized carbons (Fsp3) is 0.477. The predicted molar refractivity (Wildman–Crippen MR) is 229 cm³/mol. The number of ether oxygens (including phenoxy) is 1. The summed E-state index contributed by atoms with van der Waals surface area (Å²) >= 11 is 0. The zero-order chi connectivity index (χ0) is 42.7. The van der Waals surface area contributed by atoms with E-state index in [4.69, 9.17) is 4.74 Å². The molecule has 1 atom stereocenters. The number of nitrogens with one attached hydrogen (secondary N) is 5. The van der Waals surface area contributed by atoms with Crippen molar-refractivity contribution in [1.82, 2.24) is 46.4 Å². The van der Waals surface area contributed by atoms with Gasteiger partial charge in [0.15, 0.2) is 0 Å². The molecule has 1 saturated carbocycles. The molecule has 59 heavy (non-hydrogen) atoms. The number of benzene rings is 3. The number of aromatic amines is 1. The zero-order valence-corrected chi connectivity index (χ0v) is 35.6. The molecule has 1 aliphatic rings.